The quantitative estimate of drug-likeness (QED) is 0.110. The number of aromatic hydroxyl groups is 7. The second-order valence-electron chi connectivity index (χ2n) is 11.1. The fourth-order valence-electron chi connectivity index (χ4n) is 5.19. The molecule has 0 saturated heterocycles. The van der Waals surface area contributed by atoms with Crippen LogP contribution in [0.1, 0.15) is 66.8 Å². The van der Waals surface area contributed by atoms with Crippen molar-refractivity contribution in [1.82, 2.24) is 0 Å². The molecule has 11 nitrogen and oxygen atoms in total. The van der Waals surface area contributed by atoms with Gasteiger partial charge in [-0.15, -0.1) is 0 Å². The molecule has 226 valence electrons. The average Bonchev–Trinajstić information content (AvgIpc) is 2.93. The van der Waals surface area contributed by atoms with E-state index >= 15 is 0 Å². The van der Waals surface area contributed by atoms with Gasteiger partial charge in [-0.25, -0.2) is 4.79 Å². The lowest BCUT2D eigenvalue weighted by molar-refractivity contribution is -0.0196. The van der Waals surface area contributed by atoms with Crippen LogP contribution >= 0.6 is 0 Å². The highest BCUT2D eigenvalue weighted by atomic mass is 16.6. The first-order valence-electron chi connectivity index (χ1n) is 13.5. The Kier molecular flexibility index (Phi) is 7.43. The Labute approximate surface area is 246 Å². The van der Waals surface area contributed by atoms with Gasteiger partial charge in [-0.3, -0.25) is 0 Å². The molecule has 2 aliphatic rings. The third-order valence-corrected chi connectivity index (χ3v) is 7.47. The minimum atomic E-state index is -1.16. The van der Waals surface area contributed by atoms with E-state index in [1.54, 1.807) is 6.08 Å². The summed E-state index contributed by atoms with van der Waals surface area (Å²) in [7, 11) is 0. The number of phenolic OH excluding ortho intramolecular Hbond substituents is 7. The van der Waals surface area contributed by atoms with Crippen LogP contribution in [0.5, 0.6) is 51.7 Å². The summed E-state index contributed by atoms with van der Waals surface area (Å²) in [6.07, 6.45) is 4.82. The molecule has 0 bridgehead atoms. The Morgan fingerprint density at radius 2 is 1.53 bits per heavy atom. The van der Waals surface area contributed by atoms with Crippen molar-refractivity contribution in [1.29, 1.82) is 0 Å². The third kappa shape index (κ3) is 5.66. The normalized spacial score (nSPS) is 20.3. The van der Waals surface area contributed by atoms with Crippen molar-refractivity contribution in [2.24, 2.45) is 0 Å². The number of carbonyl (C=O) groups excluding carboxylic acids is 1. The zero-order chi connectivity index (χ0) is 31.2. The van der Waals surface area contributed by atoms with Crippen molar-refractivity contribution < 1.29 is 54.8 Å². The minimum Gasteiger partial charge on any atom is -0.507 e. The van der Waals surface area contributed by atoms with Gasteiger partial charge in [0.1, 0.15) is 29.0 Å². The second-order valence-corrected chi connectivity index (χ2v) is 11.1. The summed E-state index contributed by atoms with van der Waals surface area (Å²) in [6.45, 7) is 5.93. The predicted molar refractivity (Wildman–Crippen MR) is 154 cm³/mol. The topological polar surface area (TPSA) is 186 Å². The van der Waals surface area contributed by atoms with E-state index in [-0.39, 0.29) is 29.0 Å². The number of allylic oxidation sites excluding steroid dienone is 2. The van der Waals surface area contributed by atoms with Crippen molar-refractivity contribution in [3.8, 4) is 51.7 Å². The summed E-state index contributed by atoms with van der Waals surface area (Å²) in [5.74, 6) is -4.86. The van der Waals surface area contributed by atoms with Crippen molar-refractivity contribution in [2.75, 3.05) is 0 Å². The van der Waals surface area contributed by atoms with Crippen LogP contribution < -0.4 is 9.47 Å². The van der Waals surface area contributed by atoms with Gasteiger partial charge in [0, 0.05) is 23.6 Å². The van der Waals surface area contributed by atoms with Crippen molar-refractivity contribution in [3.05, 3.63) is 70.3 Å². The first kappa shape index (κ1) is 29.3. The van der Waals surface area contributed by atoms with E-state index in [0.717, 1.165) is 30.7 Å². The zero-order valence-electron chi connectivity index (χ0n) is 23.7. The number of carbonyl (C=O) groups is 1. The predicted octanol–water partition coefficient (Wildman–Crippen LogP) is 5.44. The number of benzene rings is 3. The summed E-state index contributed by atoms with van der Waals surface area (Å²) in [4.78, 5) is 13.2. The molecule has 0 radical (unpaired) electrons. The molecule has 0 amide bonds. The van der Waals surface area contributed by atoms with Gasteiger partial charge in [-0.05, 0) is 70.0 Å². The highest BCUT2D eigenvalue weighted by Crippen LogP contribution is 2.50. The van der Waals surface area contributed by atoms with Gasteiger partial charge < -0.3 is 50.0 Å². The molecule has 0 fully saturated rings. The summed E-state index contributed by atoms with van der Waals surface area (Å²) in [5.41, 5.74) is 1.22. The Morgan fingerprint density at radius 3 is 2.14 bits per heavy atom. The van der Waals surface area contributed by atoms with Crippen LogP contribution in [0, 0.1) is 0 Å². The van der Waals surface area contributed by atoms with Crippen molar-refractivity contribution in [2.45, 2.75) is 57.8 Å². The van der Waals surface area contributed by atoms with Crippen LogP contribution in [-0.2, 0) is 11.2 Å². The van der Waals surface area contributed by atoms with E-state index in [2.05, 4.69) is 6.08 Å². The molecule has 7 N–H and O–H groups in total. The Balaban J connectivity index is 1.56. The van der Waals surface area contributed by atoms with Gasteiger partial charge in [0.25, 0.3) is 0 Å². The number of ether oxygens (including phenoxy) is 3. The van der Waals surface area contributed by atoms with Gasteiger partial charge in [0.2, 0.25) is 0 Å². The van der Waals surface area contributed by atoms with E-state index < -0.39 is 58.3 Å². The molecule has 2 heterocycles. The van der Waals surface area contributed by atoms with Gasteiger partial charge in [0.05, 0.1) is 11.1 Å². The number of esters is 1. The molecular formula is C32H32O11. The molecule has 3 aromatic carbocycles. The molecule has 0 saturated carbocycles. The Morgan fingerprint density at radius 1 is 0.930 bits per heavy atom. The summed E-state index contributed by atoms with van der Waals surface area (Å²) >= 11 is 0. The van der Waals surface area contributed by atoms with E-state index in [0.29, 0.717) is 23.3 Å². The van der Waals surface area contributed by atoms with Crippen LogP contribution in [0.25, 0.3) is 6.08 Å². The van der Waals surface area contributed by atoms with Crippen LogP contribution in [-0.4, -0.2) is 53.4 Å². The minimum absolute atomic E-state index is 0.00923. The number of fused-ring (bicyclic) bond motifs is 3. The van der Waals surface area contributed by atoms with Crippen molar-refractivity contribution >= 4 is 12.0 Å². The van der Waals surface area contributed by atoms with E-state index in [9.17, 15) is 40.5 Å². The monoisotopic (exact) mass is 592 g/mol. The lowest BCUT2D eigenvalue weighted by Gasteiger charge is -2.38. The first-order valence-corrected chi connectivity index (χ1v) is 13.5. The van der Waals surface area contributed by atoms with Crippen LogP contribution in [0.4, 0.5) is 0 Å². The molecule has 1 unspecified atom stereocenters. The molecule has 3 aromatic rings. The number of hydrogen-bond acceptors (Lipinski definition) is 11. The highest BCUT2D eigenvalue weighted by Gasteiger charge is 2.40. The summed E-state index contributed by atoms with van der Waals surface area (Å²) in [5, 5.41) is 70.6. The van der Waals surface area contributed by atoms with Gasteiger partial charge >= 0.3 is 5.97 Å². The standard InChI is InChI=1S/C32H32O11/c1-15(2)5-4-7-32(3)8-6-18-20(33)14-25-19(30(18)43-32)13-26(29(41-25)16-9-21(34)27(38)22(35)10-16)42-31(40)17-11-23(36)28(39)24(37)12-17/h5-6,8-12,14,26,29,33-39H,4,7,13H2,1-3H3/t26-,29-,32?/m1/s1. The van der Waals surface area contributed by atoms with Gasteiger partial charge in [-0.2, -0.15) is 0 Å². The molecular weight excluding hydrogens is 560 g/mol. The molecule has 0 spiro atoms. The number of rotatable bonds is 6. The lowest BCUT2D eigenvalue weighted by Crippen LogP contribution is -2.37. The number of phenols is 7. The molecule has 0 aliphatic carbocycles. The first-order chi connectivity index (χ1) is 20.3. The van der Waals surface area contributed by atoms with Crippen LogP contribution in [0.2, 0.25) is 0 Å². The molecule has 11 heteroatoms. The number of hydrogen-bond donors (Lipinski definition) is 7. The highest BCUT2D eigenvalue weighted by molar-refractivity contribution is 5.91. The van der Waals surface area contributed by atoms with Gasteiger partial charge in [-0.1, -0.05) is 11.6 Å². The summed E-state index contributed by atoms with van der Waals surface area (Å²) < 4.78 is 18.5. The molecule has 2 aliphatic heterocycles. The summed E-state index contributed by atoms with van der Waals surface area (Å²) in [6, 6.07) is 5.53. The largest absolute Gasteiger partial charge is 0.507 e. The Bertz CT molecular complexity index is 1620. The maximum Gasteiger partial charge on any atom is 0.338 e. The van der Waals surface area contributed by atoms with Crippen LogP contribution in [0.15, 0.2) is 48.1 Å². The maximum absolute atomic E-state index is 13.2. The Hall–Kier alpha value is -5.19. The smallest absolute Gasteiger partial charge is 0.338 e. The lowest BCUT2D eigenvalue weighted by atomic mass is 9.89. The molecule has 43 heavy (non-hydrogen) atoms. The van der Waals surface area contributed by atoms with Crippen molar-refractivity contribution in [3.63, 3.8) is 0 Å². The maximum atomic E-state index is 13.2. The third-order valence-electron chi connectivity index (χ3n) is 7.47. The molecule has 5 rings (SSSR count). The van der Waals surface area contributed by atoms with Crippen LogP contribution in [0.3, 0.4) is 0 Å². The second kappa shape index (κ2) is 10.9. The molecule has 3 atom stereocenters. The van der Waals surface area contributed by atoms with Gasteiger partial charge in [0.15, 0.2) is 40.6 Å². The SMILES string of the molecule is CC(C)=CCCC1(C)C=Cc2c(O)cc3c(c2O1)C[C@@H](OC(=O)c1cc(O)c(O)c(O)c1)[C@@H](c1cc(O)c(O)c(O)c1)O3. The fraction of sp³-hybridized carbons (Fsp3) is 0.281. The average molecular weight is 593 g/mol. The van der Waals surface area contributed by atoms with E-state index in [4.69, 9.17) is 14.2 Å². The van der Waals surface area contributed by atoms with E-state index in [1.807, 2.05) is 26.8 Å². The molecule has 0 aromatic heterocycles. The zero-order valence-corrected chi connectivity index (χ0v) is 23.7. The fourth-order valence-corrected chi connectivity index (χ4v) is 5.19. The van der Waals surface area contributed by atoms with E-state index in [1.165, 1.54) is 11.6 Å².